The monoisotopic (exact) mass is 520 g/mol. The molecular weight excluding hydrogens is 487 g/mol. The highest BCUT2D eigenvalue weighted by Gasteiger charge is 2.23. The number of aliphatic imine (C=N–C) groups is 1. The fourth-order valence-corrected chi connectivity index (χ4v) is 4.09. The van der Waals surface area contributed by atoms with Gasteiger partial charge < -0.3 is 15.6 Å². The molecule has 0 saturated carbocycles. The summed E-state index contributed by atoms with van der Waals surface area (Å²) >= 11 is 0. The minimum Gasteiger partial charge on any atom is -0.358 e. The molecule has 0 amide bonds. The molecule has 1 aliphatic carbocycles. The summed E-state index contributed by atoms with van der Waals surface area (Å²) in [7, 11) is 1.83. The third-order valence-electron chi connectivity index (χ3n) is 6.02. The van der Waals surface area contributed by atoms with Gasteiger partial charge in [-0.1, -0.05) is 6.07 Å². The number of halogens is 1. The average Bonchev–Trinajstić information content (AvgIpc) is 3.26. The maximum absolute atomic E-state index is 4.78. The second kappa shape index (κ2) is 9.41. The van der Waals surface area contributed by atoms with E-state index >= 15 is 0 Å². The number of nitrogens with one attached hydrogen (secondary N) is 3. The Morgan fingerprint density at radius 1 is 1.33 bits per heavy atom. The number of H-pyrrole nitrogens is 1. The minimum absolute atomic E-state index is 0. The van der Waals surface area contributed by atoms with Gasteiger partial charge in [-0.05, 0) is 69.4 Å². The van der Waals surface area contributed by atoms with Gasteiger partial charge in [0.05, 0.1) is 5.69 Å². The Kier molecular flexibility index (Phi) is 7.10. The number of nitrogens with zero attached hydrogens (tertiary/aromatic N) is 3. The number of aryl methyl sites for hydroxylation is 3. The molecule has 7 heteroatoms. The van der Waals surface area contributed by atoms with E-state index in [-0.39, 0.29) is 24.0 Å². The van der Waals surface area contributed by atoms with Crippen molar-refractivity contribution < 1.29 is 0 Å². The first-order valence-electron chi connectivity index (χ1n) is 10.6. The molecule has 0 bridgehead atoms. The maximum atomic E-state index is 4.78. The molecule has 0 radical (unpaired) electrons. The number of hydrogen-bond donors (Lipinski definition) is 3. The second-order valence-electron chi connectivity index (χ2n) is 8.44. The fraction of sp³-hybridized carbons (Fsp3) is 0.478. The molecule has 6 nitrogen and oxygen atoms in total. The summed E-state index contributed by atoms with van der Waals surface area (Å²) in [6, 6.07) is 7.37. The molecule has 0 fully saturated rings. The van der Waals surface area contributed by atoms with E-state index in [0.29, 0.717) is 12.1 Å². The molecule has 0 spiro atoms. The molecule has 1 atom stereocenters. The van der Waals surface area contributed by atoms with Crippen LogP contribution in [0.1, 0.15) is 54.4 Å². The first-order chi connectivity index (χ1) is 13.9. The SMILES string of the molecule is CN=C(NCc1ccc2[nH]c(C)c(C)c2c1)NC1CCc2cn(C(C)C)nc2C1.I. The number of aromatic nitrogens is 3. The van der Waals surface area contributed by atoms with Crippen LogP contribution < -0.4 is 10.6 Å². The van der Waals surface area contributed by atoms with E-state index < -0.39 is 0 Å². The van der Waals surface area contributed by atoms with Crippen LogP contribution in [0.5, 0.6) is 0 Å². The van der Waals surface area contributed by atoms with E-state index in [1.54, 1.807) is 0 Å². The van der Waals surface area contributed by atoms with Crippen molar-refractivity contribution in [2.45, 2.75) is 65.6 Å². The molecule has 2 heterocycles. The zero-order valence-corrected chi connectivity index (χ0v) is 20.9. The first-order valence-corrected chi connectivity index (χ1v) is 10.6. The summed E-state index contributed by atoms with van der Waals surface area (Å²) in [5, 5.41) is 13.1. The van der Waals surface area contributed by atoms with Gasteiger partial charge in [-0.3, -0.25) is 9.67 Å². The lowest BCUT2D eigenvalue weighted by atomic mass is 9.94. The van der Waals surface area contributed by atoms with Crippen molar-refractivity contribution in [3.05, 3.63) is 52.5 Å². The van der Waals surface area contributed by atoms with Crippen LogP contribution in [0.25, 0.3) is 10.9 Å². The number of benzene rings is 1. The summed E-state index contributed by atoms with van der Waals surface area (Å²) in [4.78, 5) is 7.87. The highest BCUT2D eigenvalue weighted by Crippen LogP contribution is 2.23. The molecule has 1 unspecified atom stereocenters. The fourth-order valence-electron chi connectivity index (χ4n) is 4.09. The van der Waals surface area contributed by atoms with E-state index in [1.165, 1.54) is 39.0 Å². The number of hydrogen-bond acceptors (Lipinski definition) is 2. The highest BCUT2D eigenvalue weighted by atomic mass is 127. The van der Waals surface area contributed by atoms with E-state index in [4.69, 9.17) is 5.10 Å². The van der Waals surface area contributed by atoms with Gasteiger partial charge in [0.2, 0.25) is 0 Å². The predicted molar refractivity (Wildman–Crippen MR) is 135 cm³/mol. The topological polar surface area (TPSA) is 70.0 Å². The van der Waals surface area contributed by atoms with Crippen molar-refractivity contribution in [2.24, 2.45) is 4.99 Å². The quantitative estimate of drug-likeness (QED) is 0.271. The Bertz CT molecular complexity index is 1050. The Morgan fingerprint density at radius 2 is 2.13 bits per heavy atom. The Hall–Kier alpha value is -2.03. The lowest BCUT2D eigenvalue weighted by molar-refractivity contribution is 0.499. The van der Waals surface area contributed by atoms with Crippen LogP contribution in [-0.2, 0) is 19.4 Å². The molecular formula is C23H33IN6. The average molecular weight is 520 g/mol. The van der Waals surface area contributed by atoms with Crippen LogP contribution in [0, 0.1) is 13.8 Å². The zero-order chi connectivity index (χ0) is 20.5. The Labute approximate surface area is 195 Å². The molecule has 1 aromatic carbocycles. The summed E-state index contributed by atoms with van der Waals surface area (Å²) < 4.78 is 2.08. The van der Waals surface area contributed by atoms with E-state index in [2.05, 4.69) is 77.4 Å². The lowest BCUT2D eigenvalue weighted by Gasteiger charge is -2.24. The second-order valence-corrected chi connectivity index (χ2v) is 8.44. The summed E-state index contributed by atoms with van der Waals surface area (Å²) in [6.07, 6.45) is 5.33. The van der Waals surface area contributed by atoms with E-state index in [1.807, 2.05) is 7.05 Å². The van der Waals surface area contributed by atoms with Crippen LogP contribution >= 0.6 is 24.0 Å². The summed E-state index contributed by atoms with van der Waals surface area (Å²) in [5.74, 6) is 0.851. The zero-order valence-electron chi connectivity index (χ0n) is 18.5. The number of rotatable bonds is 4. The van der Waals surface area contributed by atoms with Gasteiger partial charge in [0.25, 0.3) is 0 Å². The van der Waals surface area contributed by atoms with Crippen LogP contribution in [0.15, 0.2) is 29.4 Å². The Morgan fingerprint density at radius 3 is 2.87 bits per heavy atom. The summed E-state index contributed by atoms with van der Waals surface area (Å²) in [5.41, 5.74) is 7.63. The normalized spacial score (nSPS) is 16.5. The number of fused-ring (bicyclic) bond motifs is 2. The van der Waals surface area contributed by atoms with Crippen LogP contribution in [0.4, 0.5) is 0 Å². The molecule has 0 aliphatic heterocycles. The molecule has 4 rings (SSSR count). The maximum Gasteiger partial charge on any atom is 0.191 e. The summed E-state index contributed by atoms with van der Waals surface area (Å²) in [6.45, 7) is 9.39. The lowest BCUT2D eigenvalue weighted by Crippen LogP contribution is -2.45. The Balaban J connectivity index is 0.00000256. The van der Waals surface area contributed by atoms with Crippen molar-refractivity contribution in [3.8, 4) is 0 Å². The molecule has 3 N–H and O–H groups in total. The van der Waals surface area contributed by atoms with Crippen molar-refractivity contribution >= 4 is 40.8 Å². The van der Waals surface area contributed by atoms with Gasteiger partial charge in [0.15, 0.2) is 5.96 Å². The molecule has 30 heavy (non-hydrogen) atoms. The van der Waals surface area contributed by atoms with Crippen LogP contribution in [-0.4, -0.2) is 33.8 Å². The first kappa shape index (κ1) is 22.7. The van der Waals surface area contributed by atoms with Crippen molar-refractivity contribution in [1.82, 2.24) is 25.4 Å². The van der Waals surface area contributed by atoms with Gasteiger partial charge in [-0.15, -0.1) is 24.0 Å². The van der Waals surface area contributed by atoms with Gasteiger partial charge in [0, 0.05) is 54.9 Å². The third-order valence-corrected chi connectivity index (χ3v) is 6.02. The van der Waals surface area contributed by atoms with Crippen molar-refractivity contribution in [2.75, 3.05) is 7.05 Å². The minimum atomic E-state index is 0. The number of guanidine groups is 1. The largest absolute Gasteiger partial charge is 0.358 e. The standard InChI is InChI=1S/C23H32N6.HI/c1-14(2)29-13-18-7-8-19(11-22(18)28-29)27-23(24-5)25-12-17-6-9-21-20(10-17)15(3)16(4)26-21;/h6,9-10,13-14,19,26H,7-8,11-12H2,1-5H3,(H2,24,25,27);1H. The molecule has 1 aliphatic rings. The molecule has 3 aromatic rings. The molecule has 2 aromatic heterocycles. The molecule has 162 valence electrons. The smallest absolute Gasteiger partial charge is 0.191 e. The van der Waals surface area contributed by atoms with Crippen molar-refractivity contribution in [1.29, 1.82) is 0 Å². The van der Waals surface area contributed by atoms with Gasteiger partial charge in [-0.25, -0.2) is 0 Å². The van der Waals surface area contributed by atoms with Gasteiger partial charge >= 0.3 is 0 Å². The third kappa shape index (κ3) is 4.66. The number of aromatic amines is 1. The van der Waals surface area contributed by atoms with Crippen LogP contribution in [0.2, 0.25) is 0 Å². The van der Waals surface area contributed by atoms with Crippen molar-refractivity contribution in [3.63, 3.8) is 0 Å². The van der Waals surface area contributed by atoms with E-state index in [9.17, 15) is 0 Å². The van der Waals surface area contributed by atoms with Crippen LogP contribution in [0.3, 0.4) is 0 Å². The van der Waals surface area contributed by atoms with E-state index in [0.717, 1.165) is 31.8 Å². The predicted octanol–water partition coefficient (Wildman–Crippen LogP) is 4.40. The van der Waals surface area contributed by atoms with Gasteiger partial charge in [-0.2, -0.15) is 5.10 Å². The molecule has 0 saturated heterocycles. The van der Waals surface area contributed by atoms with Gasteiger partial charge in [0.1, 0.15) is 0 Å². The highest BCUT2D eigenvalue weighted by molar-refractivity contribution is 14.0.